The molecular formula is C18H19N3O2S. The predicted octanol–water partition coefficient (Wildman–Crippen LogP) is 3.49. The van der Waals surface area contributed by atoms with E-state index < -0.39 is 0 Å². The highest BCUT2D eigenvalue weighted by atomic mass is 32.1. The number of aliphatic hydroxyl groups is 1. The number of hydrogen-bond acceptors (Lipinski definition) is 4. The zero-order valence-electron chi connectivity index (χ0n) is 13.3. The van der Waals surface area contributed by atoms with E-state index in [1.54, 1.807) is 11.4 Å². The van der Waals surface area contributed by atoms with E-state index in [-0.39, 0.29) is 18.6 Å². The molecule has 1 aromatic carbocycles. The highest BCUT2D eigenvalue weighted by Gasteiger charge is 2.16. The number of amides is 1. The summed E-state index contributed by atoms with van der Waals surface area (Å²) in [5.74, 6) is -0.196. The summed E-state index contributed by atoms with van der Waals surface area (Å²) in [4.78, 5) is 16.7. The van der Waals surface area contributed by atoms with Gasteiger partial charge in [0.2, 0.25) is 0 Å². The van der Waals surface area contributed by atoms with Crippen molar-refractivity contribution in [2.24, 2.45) is 0 Å². The Balaban J connectivity index is 1.73. The van der Waals surface area contributed by atoms with Crippen molar-refractivity contribution < 1.29 is 9.90 Å². The Morgan fingerprint density at radius 1 is 1.29 bits per heavy atom. The van der Waals surface area contributed by atoms with Crippen LogP contribution in [-0.2, 0) is 13.0 Å². The Bertz CT molecular complexity index is 811. The number of rotatable bonds is 6. The van der Waals surface area contributed by atoms with Gasteiger partial charge in [-0.1, -0.05) is 30.3 Å². The fourth-order valence-electron chi connectivity index (χ4n) is 2.62. The number of nitrogens with one attached hydrogen (secondary N) is 1. The van der Waals surface area contributed by atoms with Crippen molar-refractivity contribution in [3.05, 3.63) is 71.0 Å². The Labute approximate surface area is 144 Å². The summed E-state index contributed by atoms with van der Waals surface area (Å²) in [5, 5.41) is 14.1. The van der Waals surface area contributed by atoms with E-state index in [4.69, 9.17) is 5.11 Å². The maximum Gasteiger partial charge on any atom is 0.274 e. The molecule has 1 atom stereocenters. The topological polar surface area (TPSA) is 67.2 Å². The molecule has 3 rings (SSSR count). The number of thiazole rings is 1. The van der Waals surface area contributed by atoms with Crippen LogP contribution in [0.25, 0.3) is 0 Å². The van der Waals surface area contributed by atoms with Crippen LogP contribution in [0, 0.1) is 0 Å². The minimum absolute atomic E-state index is 0.128. The lowest BCUT2D eigenvalue weighted by Gasteiger charge is -2.17. The predicted molar refractivity (Wildman–Crippen MR) is 95.3 cm³/mol. The number of nitrogens with zero attached hydrogens (tertiary/aromatic N) is 2. The summed E-state index contributed by atoms with van der Waals surface area (Å²) in [5.41, 5.74) is 2.39. The van der Waals surface area contributed by atoms with Crippen molar-refractivity contribution >= 4 is 22.4 Å². The van der Waals surface area contributed by atoms with Crippen molar-refractivity contribution in [2.75, 3.05) is 5.32 Å². The van der Waals surface area contributed by atoms with Crippen LogP contribution < -0.4 is 5.32 Å². The molecule has 6 heteroatoms. The average Bonchev–Trinajstić information content (AvgIpc) is 3.24. The fourth-order valence-corrected chi connectivity index (χ4v) is 3.32. The summed E-state index contributed by atoms with van der Waals surface area (Å²) in [6, 6.07) is 14.1. The van der Waals surface area contributed by atoms with Gasteiger partial charge >= 0.3 is 0 Å². The summed E-state index contributed by atoms with van der Waals surface area (Å²) >= 11 is 1.30. The number of hydrogen-bond donors (Lipinski definition) is 2. The van der Waals surface area contributed by atoms with Crippen LogP contribution in [0.2, 0.25) is 0 Å². The molecule has 0 aliphatic carbocycles. The molecule has 124 valence electrons. The van der Waals surface area contributed by atoms with Gasteiger partial charge < -0.3 is 9.67 Å². The molecule has 1 unspecified atom stereocenters. The van der Waals surface area contributed by atoms with Gasteiger partial charge in [-0.2, -0.15) is 0 Å². The van der Waals surface area contributed by atoms with Crippen LogP contribution in [0.3, 0.4) is 0 Å². The molecule has 0 saturated heterocycles. The van der Waals surface area contributed by atoms with Crippen molar-refractivity contribution in [2.45, 2.75) is 26.0 Å². The van der Waals surface area contributed by atoms with Gasteiger partial charge in [-0.05, 0) is 31.0 Å². The van der Waals surface area contributed by atoms with Crippen molar-refractivity contribution in [1.29, 1.82) is 0 Å². The fraction of sp³-hybridized carbons (Fsp3) is 0.222. The van der Waals surface area contributed by atoms with E-state index in [2.05, 4.69) is 29.4 Å². The number of carbonyl (C=O) groups is 1. The van der Waals surface area contributed by atoms with Crippen LogP contribution >= 0.6 is 11.3 Å². The summed E-state index contributed by atoms with van der Waals surface area (Å²) in [7, 11) is 0. The zero-order chi connectivity index (χ0) is 16.9. The Hall–Kier alpha value is -2.44. The molecule has 0 aliphatic heterocycles. The second-order valence-corrected chi connectivity index (χ2v) is 6.45. The molecule has 0 fully saturated rings. The maximum atomic E-state index is 12.5. The first-order valence-corrected chi connectivity index (χ1v) is 8.62. The molecule has 2 aromatic heterocycles. The van der Waals surface area contributed by atoms with Gasteiger partial charge in [-0.25, -0.2) is 4.98 Å². The number of anilines is 1. The van der Waals surface area contributed by atoms with Crippen LogP contribution in [0.4, 0.5) is 5.13 Å². The maximum absolute atomic E-state index is 12.5. The molecule has 1 amide bonds. The van der Waals surface area contributed by atoms with Crippen LogP contribution in [0.5, 0.6) is 0 Å². The minimum atomic E-state index is -0.196. The lowest BCUT2D eigenvalue weighted by molar-refractivity contribution is 0.101. The number of benzene rings is 1. The standard InChI is InChI=1S/C18H19N3O2S/c1-13(10-14-6-3-2-4-7-14)21-9-5-8-16(21)17(23)20-18-19-15(11-22)12-24-18/h2-9,12-13,22H,10-11H2,1H3,(H,19,20,23). The highest BCUT2D eigenvalue weighted by molar-refractivity contribution is 7.13. The van der Waals surface area contributed by atoms with E-state index in [0.29, 0.717) is 16.5 Å². The van der Waals surface area contributed by atoms with Gasteiger partial charge in [-0.3, -0.25) is 10.1 Å². The molecule has 0 saturated carbocycles. The Kier molecular flexibility index (Phi) is 5.08. The lowest BCUT2D eigenvalue weighted by atomic mass is 10.1. The summed E-state index contributed by atoms with van der Waals surface area (Å²) in [6.45, 7) is 1.97. The summed E-state index contributed by atoms with van der Waals surface area (Å²) in [6.07, 6.45) is 2.77. The van der Waals surface area contributed by atoms with Crippen LogP contribution in [-0.4, -0.2) is 20.6 Å². The molecule has 2 N–H and O–H groups in total. The second kappa shape index (κ2) is 7.42. The van der Waals surface area contributed by atoms with Crippen molar-refractivity contribution in [3.8, 4) is 0 Å². The molecule has 3 aromatic rings. The first kappa shape index (κ1) is 16.4. The van der Waals surface area contributed by atoms with Crippen molar-refractivity contribution in [3.63, 3.8) is 0 Å². The van der Waals surface area contributed by atoms with E-state index in [9.17, 15) is 4.79 Å². The molecule has 0 radical (unpaired) electrons. The monoisotopic (exact) mass is 341 g/mol. The Morgan fingerprint density at radius 2 is 2.08 bits per heavy atom. The first-order chi connectivity index (χ1) is 11.7. The number of aromatic nitrogens is 2. The van der Waals surface area contributed by atoms with Gasteiger partial charge in [-0.15, -0.1) is 11.3 Å². The van der Waals surface area contributed by atoms with Gasteiger partial charge in [0.15, 0.2) is 5.13 Å². The third-order valence-corrected chi connectivity index (χ3v) is 4.60. The van der Waals surface area contributed by atoms with Gasteiger partial charge in [0.05, 0.1) is 12.3 Å². The highest BCUT2D eigenvalue weighted by Crippen LogP contribution is 2.20. The van der Waals surface area contributed by atoms with E-state index in [0.717, 1.165) is 6.42 Å². The molecule has 24 heavy (non-hydrogen) atoms. The van der Waals surface area contributed by atoms with E-state index >= 15 is 0 Å². The van der Waals surface area contributed by atoms with Gasteiger partial charge in [0.25, 0.3) is 5.91 Å². The third kappa shape index (κ3) is 3.72. The average molecular weight is 341 g/mol. The molecule has 5 nitrogen and oxygen atoms in total. The Morgan fingerprint density at radius 3 is 2.79 bits per heavy atom. The second-order valence-electron chi connectivity index (χ2n) is 5.60. The normalized spacial score (nSPS) is 12.1. The van der Waals surface area contributed by atoms with E-state index in [1.165, 1.54) is 16.9 Å². The van der Waals surface area contributed by atoms with Crippen LogP contribution in [0.1, 0.15) is 34.7 Å². The smallest absolute Gasteiger partial charge is 0.274 e. The minimum Gasteiger partial charge on any atom is -0.390 e. The van der Waals surface area contributed by atoms with Gasteiger partial charge in [0.1, 0.15) is 5.69 Å². The van der Waals surface area contributed by atoms with E-state index in [1.807, 2.05) is 35.0 Å². The quantitative estimate of drug-likeness (QED) is 0.721. The zero-order valence-corrected chi connectivity index (χ0v) is 14.2. The first-order valence-electron chi connectivity index (χ1n) is 7.74. The number of carbonyl (C=O) groups excluding carboxylic acids is 1. The van der Waals surface area contributed by atoms with Crippen molar-refractivity contribution in [1.82, 2.24) is 9.55 Å². The van der Waals surface area contributed by atoms with Gasteiger partial charge in [0, 0.05) is 17.6 Å². The summed E-state index contributed by atoms with van der Waals surface area (Å²) < 4.78 is 1.98. The largest absolute Gasteiger partial charge is 0.390 e. The SMILES string of the molecule is CC(Cc1ccccc1)n1cccc1C(=O)Nc1nc(CO)cs1. The van der Waals surface area contributed by atoms with Crippen LogP contribution in [0.15, 0.2) is 54.0 Å². The molecule has 2 heterocycles. The molecule has 0 aliphatic rings. The lowest BCUT2D eigenvalue weighted by Crippen LogP contribution is -2.19. The number of aliphatic hydroxyl groups excluding tert-OH is 1. The molecule has 0 bridgehead atoms. The molecule has 0 spiro atoms. The molecular weight excluding hydrogens is 322 g/mol. The third-order valence-electron chi connectivity index (χ3n) is 3.79.